The van der Waals surface area contributed by atoms with Crippen LogP contribution in [0.4, 0.5) is 10.1 Å². The second-order valence-corrected chi connectivity index (χ2v) is 6.43. The van der Waals surface area contributed by atoms with Crippen molar-refractivity contribution in [1.82, 2.24) is 4.90 Å². The number of hydrogen-bond donors (Lipinski definition) is 1. The first-order valence-corrected chi connectivity index (χ1v) is 8.77. The molecule has 0 spiro atoms. The summed E-state index contributed by atoms with van der Waals surface area (Å²) in [6.45, 7) is 4.18. The molecular weight excluding hydrogens is 347 g/mol. The van der Waals surface area contributed by atoms with Crippen LogP contribution in [0.5, 0.6) is 0 Å². The average Bonchev–Trinajstić information content (AvgIpc) is 2.87. The first-order chi connectivity index (χ1) is 13.0. The zero-order chi connectivity index (χ0) is 19.4. The Hall–Kier alpha value is -2.99. The van der Waals surface area contributed by atoms with Gasteiger partial charge in [0.05, 0.1) is 24.8 Å². The normalized spacial score (nSPS) is 14.4. The highest BCUT2D eigenvalue weighted by atomic mass is 19.1. The van der Waals surface area contributed by atoms with Gasteiger partial charge in [0, 0.05) is 5.69 Å². The van der Waals surface area contributed by atoms with Crippen molar-refractivity contribution in [2.45, 2.75) is 20.0 Å². The average molecular weight is 368 g/mol. The third kappa shape index (κ3) is 4.23. The van der Waals surface area contributed by atoms with Crippen molar-refractivity contribution >= 4 is 23.1 Å². The zero-order valence-electron chi connectivity index (χ0n) is 15.2. The smallest absolute Gasteiger partial charge is 0.278 e. The summed E-state index contributed by atoms with van der Waals surface area (Å²) >= 11 is 0. The molecule has 1 N–H and O–H groups in total. The van der Waals surface area contributed by atoms with E-state index in [-0.39, 0.29) is 30.5 Å². The van der Waals surface area contributed by atoms with Crippen LogP contribution in [-0.2, 0) is 14.3 Å². The molecule has 1 aliphatic heterocycles. The van der Waals surface area contributed by atoms with Gasteiger partial charge in [-0.2, -0.15) is 0 Å². The Balaban J connectivity index is 1.94. The van der Waals surface area contributed by atoms with Crippen molar-refractivity contribution in [2.75, 3.05) is 18.5 Å². The quantitative estimate of drug-likeness (QED) is 0.761. The zero-order valence-corrected chi connectivity index (χ0v) is 15.2. The van der Waals surface area contributed by atoms with Gasteiger partial charge in [0.2, 0.25) is 0 Å². The Labute approximate surface area is 157 Å². The molecule has 0 fully saturated rings. The highest BCUT2D eigenvalue weighted by Gasteiger charge is 2.39. The molecule has 0 saturated carbocycles. The van der Waals surface area contributed by atoms with Gasteiger partial charge in [-0.25, -0.2) is 4.39 Å². The third-order valence-electron chi connectivity index (χ3n) is 4.11. The number of rotatable bonds is 7. The van der Waals surface area contributed by atoms with E-state index in [2.05, 4.69) is 5.32 Å². The van der Waals surface area contributed by atoms with Crippen LogP contribution in [0.3, 0.4) is 0 Å². The van der Waals surface area contributed by atoms with Crippen molar-refractivity contribution in [3.8, 4) is 0 Å². The lowest BCUT2D eigenvalue weighted by atomic mass is 10.0. The number of carbonyl (C=O) groups is 2. The first-order valence-electron chi connectivity index (χ1n) is 8.77. The van der Waals surface area contributed by atoms with Gasteiger partial charge in [0.25, 0.3) is 11.8 Å². The summed E-state index contributed by atoms with van der Waals surface area (Å²) in [5.74, 6) is -1.25. The van der Waals surface area contributed by atoms with Gasteiger partial charge in [0.1, 0.15) is 11.5 Å². The van der Waals surface area contributed by atoms with E-state index in [1.807, 2.05) is 32.0 Å². The Morgan fingerprint density at radius 2 is 1.67 bits per heavy atom. The number of hydrogen-bond acceptors (Lipinski definition) is 4. The van der Waals surface area contributed by atoms with E-state index in [0.29, 0.717) is 11.3 Å². The van der Waals surface area contributed by atoms with Gasteiger partial charge < -0.3 is 10.1 Å². The molecule has 0 aromatic heterocycles. The molecule has 0 bridgehead atoms. The van der Waals surface area contributed by atoms with Crippen LogP contribution in [0.25, 0.3) is 5.57 Å². The summed E-state index contributed by atoms with van der Waals surface area (Å²) in [7, 11) is 0. The maximum atomic E-state index is 13.3. The molecule has 0 atom stereocenters. The predicted molar refractivity (Wildman–Crippen MR) is 101 cm³/mol. The molecule has 27 heavy (non-hydrogen) atoms. The number of carbonyl (C=O) groups excluding carboxylic acids is 2. The van der Waals surface area contributed by atoms with Crippen molar-refractivity contribution in [3.63, 3.8) is 0 Å². The lowest BCUT2D eigenvalue weighted by molar-refractivity contribution is -0.137. The van der Waals surface area contributed by atoms with Crippen LogP contribution < -0.4 is 5.32 Å². The topological polar surface area (TPSA) is 58.6 Å². The molecule has 5 nitrogen and oxygen atoms in total. The minimum atomic E-state index is -0.421. The number of nitrogens with zero attached hydrogens (tertiary/aromatic N) is 1. The largest absolute Gasteiger partial charge is 0.377 e. The number of nitrogens with one attached hydrogen (secondary N) is 1. The fraction of sp³-hybridized carbons (Fsp3) is 0.238. The number of para-hydroxylation sites is 1. The third-order valence-corrected chi connectivity index (χ3v) is 4.11. The summed E-state index contributed by atoms with van der Waals surface area (Å²) in [5, 5.41) is 3.05. The summed E-state index contributed by atoms with van der Waals surface area (Å²) in [4.78, 5) is 27.0. The lowest BCUT2D eigenvalue weighted by Gasteiger charge is -2.16. The van der Waals surface area contributed by atoms with Gasteiger partial charge in [-0.3, -0.25) is 14.5 Å². The second-order valence-electron chi connectivity index (χ2n) is 6.43. The van der Waals surface area contributed by atoms with Crippen molar-refractivity contribution in [1.29, 1.82) is 0 Å². The van der Waals surface area contributed by atoms with Crippen LogP contribution >= 0.6 is 0 Å². The Bertz CT molecular complexity index is 861. The van der Waals surface area contributed by atoms with Gasteiger partial charge >= 0.3 is 0 Å². The maximum absolute atomic E-state index is 13.3. The number of halogens is 1. The van der Waals surface area contributed by atoms with E-state index < -0.39 is 17.6 Å². The van der Waals surface area contributed by atoms with Crippen molar-refractivity contribution in [2.24, 2.45) is 0 Å². The van der Waals surface area contributed by atoms with E-state index in [1.165, 1.54) is 24.3 Å². The van der Waals surface area contributed by atoms with E-state index in [0.717, 1.165) is 4.90 Å². The fourth-order valence-corrected chi connectivity index (χ4v) is 2.82. The summed E-state index contributed by atoms with van der Waals surface area (Å²) in [6, 6.07) is 14.7. The molecule has 6 heteroatoms. The standard InChI is InChI=1S/C21H21FN2O3/c1-14(2)27-13-12-24-20(25)18(15-8-10-16(22)11-9-15)19(21(24)26)23-17-6-4-3-5-7-17/h3-11,14,23H,12-13H2,1-2H3. The molecule has 0 unspecified atom stereocenters. The van der Waals surface area contributed by atoms with E-state index in [1.54, 1.807) is 12.1 Å². The van der Waals surface area contributed by atoms with Crippen molar-refractivity contribution in [3.05, 3.63) is 71.7 Å². The van der Waals surface area contributed by atoms with E-state index in [4.69, 9.17) is 4.74 Å². The lowest BCUT2D eigenvalue weighted by Crippen LogP contribution is -2.35. The maximum Gasteiger partial charge on any atom is 0.278 e. The molecule has 1 heterocycles. The number of amides is 2. The molecular formula is C21H21FN2O3. The summed E-state index contributed by atoms with van der Waals surface area (Å²) < 4.78 is 18.8. The van der Waals surface area contributed by atoms with Crippen LogP contribution in [0.2, 0.25) is 0 Å². The molecule has 2 aromatic rings. The SMILES string of the molecule is CC(C)OCCN1C(=O)C(Nc2ccccc2)=C(c2ccc(F)cc2)C1=O. The highest BCUT2D eigenvalue weighted by Crippen LogP contribution is 2.30. The second kappa shape index (κ2) is 8.14. The molecule has 0 aliphatic carbocycles. The van der Waals surface area contributed by atoms with E-state index in [9.17, 15) is 14.0 Å². The number of ether oxygens (including phenoxy) is 1. The van der Waals surface area contributed by atoms with Gasteiger partial charge in [-0.1, -0.05) is 30.3 Å². The predicted octanol–water partition coefficient (Wildman–Crippen LogP) is 3.44. The molecule has 140 valence electrons. The first kappa shape index (κ1) is 18.8. The van der Waals surface area contributed by atoms with E-state index >= 15 is 0 Å². The molecule has 2 aromatic carbocycles. The van der Waals surface area contributed by atoms with Gasteiger partial charge in [-0.05, 0) is 43.7 Å². The summed E-state index contributed by atoms with van der Waals surface area (Å²) in [6.07, 6.45) is 0.00393. The van der Waals surface area contributed by atoms with Crippen LogP contribution in [0.1, 0.15) is 19.4 Å². The molecule has 2 amide bonds. The van der Waals surface area contributed by atoms with Gasteiger partial charge in [0.15, 0.2) is 0 Å². The van der Waals surface area contributed by atoms with Crippen molar-refractivity contribution < 1.29 is 18.7 Å². The summed E-state index contributed by atoms with van der Waals surface area (Å²) in [5.41, 5.74) is 1.59. The highest BCUT2D eigenvalue weighted by molar-refractivity contribution is 6.36. The van der Waals surface area contributed by atoms with Crippen LogP contribution in [0, 0.1) is 5.82 Å². The minimum absolute atomic E-state index is 0.00393. The monoisotopic (exact) mass is 368 g/mol. The molecule has 0 radical (unpaired) electrons. The Morgan fingerprint density at radius 1 is 1.00 bits per heavy atom. The number of anilines is 1. The Kier molecular flexibility index (Phi) is 5.66. The van der Waals surface area contributed by atoms with Gasteiger partial charge in [-0.15, -0.1) is 0 Å². The number of benzene rings is 2. The molecule has 3 rings (SSSR count). The fourth-order valence-electron chi connectivity index (χ4n) is 2.82. The minimum Gasteiger partial charge on any atom is -0.377 e. The van der Waals surface area contributed by atoms with Crippen LogP contribution in [0.15, 0.2) is 60.3 Å². The Morgan fingerprint density at radius 3 is 2.30 bits per heavy atom. The number of imide groups is 1. The molecule has 1 aliphatic rings. The molecule has 0 saturated heterocycles. The van der Waals surface area contributed by atoms with Crippen LogP contribution in [-0.4, -0.2) is 36.0 Å².